The van der Waals surface area contributed by atoms with E-state index >= 15 is 0 Å². The molecular weight excluding hydrogens is 152 g/mol. The van der Waals surface area contributed by atoms with Gasteiger partial charge in [-0.05, 0) is 13.0 Å². The minimum atomic E-state index is -0.202. The van der Waals surface area contributed by atoms with Gasteiger partial charge in [0, 0.05) is 17.1 Å². The number of hydrogen-bond donors (Lipinski definition) is 0. The Morgan fingerprint density at radius 1 is 1.50 bits per heavy atom. The molecule has 12 heavy (non-hydrogen) atoms. The molecule has 2 nitrogen and oxygen atoms in total. The Hall–Kier alpha value is -1.31. The number of hydrogen-bond acceptors (Lipinski definition) is 2. The molecule has 2 aliphatic rings. The van der Waals surface area contributed by atoms with Crippen LogP contribution >= 0.6 is 0 Å². The van der Waals surface area contributed by atoms with Gasteiger partial charge < -0.3 is 4.74 Å². The van der Waals surface area contributed by atoms with E-state index in [0.29, 0.717) is 5.92 Å². The SMILES string of the molecule is CC1=C2C(=CC=CC2C)OC1=O. The van der Waals surface area contributed by atoms with Crippen LogP contribution in [-0.4, -0.2) is 5.97 Å². The first kappa shape index (κ1) is 7.35. The fourth-order valence-electron chi connectivity index (χ4n) is 1.62. The lowest BCUT2D eigenvalue weighted by Crippen LogP contribution is -2.00. The molecule has 62 valence electrons. The van der Waals surface area contributed by atoms with Crippen LogP contribution in [-0.2, 0) is 9.53 Å². The highest BCUT2D eigenvalue weighted by Gasteiger charge is 2.29. The van der Waals surface area contributed by atoms with Crippen molar-refractivity contribution in [1.29, 1.82) is 0 Å². The number of carbonyl (C=O) groups excluding carboxylic acids is 1. The van der Waals surface area contributed by atoms with Gasteiger partial charge in [-0.2, -0.15) is 0 Å². The molecule has 0 saturated heterocycles. The van der Waals surface area contributed by atoms with Gasteiger partial charge in [-0.3, -0.25) is 0 Å². The van der Waals surface area contributed by atoms with Crippen molar-refractivity contribution in [2.45, 2.75) is 13.8 Å². The summed E-state index contributed by atoms with van der Waals surface area (Å²) >= 11 is 0. The van der Waals surface area contributed by atoms with Crippen molar-refractivity contribution in [1.82, 2.24) is 0 Å². The lowest BCUT2D eigenvalue weighted by Gasteiger charge is -2.12. The van der Waals surface area contributed by atoms with Gasteiger partial charge in [-0.1, -0.05) is 19.1 Å². The summed E-state index contributed by atoms with van der Waals surface area (Å²) in [5.41, 5.74) is 1.79. The Balaban J connectivity index is 2.53. The second-order valence-corrected chi connectivity index (χ2v) is 3.13. The number of fused-ring (bicyclic) bond motifs is 1. The lowest BCUT2D eigenvalue weighted by molar-refractivity contribution is -0.133. The summed E-state index contributed by atoms with van der Waals surface area (Å²) in [6.45, 7) is 3.87. The average molecular weight is 162 g/mol. The maximum atomic E-state index is 11.1. The summed E-state index contributed by atoms with van der Waals surface area (Å²) < 4.78 is 5.04. The highest BCUT2D eigenvalue weighted by atomic mass is 16.5. The Bertz CT molecular complexity index is 332. The summed E-state index contributed by atoms with van der Waals surface area (Å²) in [7, 11) is 0. The molecular formula is C10H10O2. The molecule has 2 rings (SSSR count). The highest BCUT2D eigenvalue weighted by Crippen LogP contribution is 2.34. The Morgan fingerprint density at radius 3 is 2.92 bits per heavy atom. The smallest absolute Gasteiger partial charge is 0.339 e. The molecule has 1 heterocycles. The average Bonchev–Trinajstić information content (AvgIpc) is 2.29. The van der Waals surface area contributed by atoms with Crippen LogP contribution in [0.1, 0.15) is 13.8 Å². The first-order valence-electron chi connectivity index (χ1n) is 4.02. The van der Waals surface area contributed by atoms with Gasteiger partial charge in [0.25, 0.3) is 0 Å². The molecule has 0 aromatic heterocycles. The van der Waals surface area contributed by atoms with Gasteiger partial charge in [0.1, 0.15) is 5.76 Å². The predicted octanol–water partition coefficient (Wildman–Crippen LogP) is 1.95. The van der Waals surface area contributed by atoms with Gasteiger partial charge in [-0.15, -0.1) is 0 Å². The summed E-state index contributed by atoms with van der Waals surface area (Å²) in [4.78, 5) is 11.1. The molecule has 0 fully saturated rings. The minimum Gasteiger partial charge on any atom is -0.423 e. The number of carbonyl (C=O) groups is 1. The van der Waals surface area contributed by atoms with Crippen LogP contribution in [0.25, 0.3) is 0 Å². The van der Waals surface area contributed by atoms with Crippen molar-refractivity contribution in [3.8, 4) is 0 Å². The molecule has 0 radical (unpaired) electrons. The van der Waals surface area contributed by atoms with Gasteiger partial charge in [0.05, 0.1) is 0 Å². The third kappa shape index (κ3) is 0.843. The van der Waals surface area contributed by atoms with Crippen molar-refractivity contribution in [3.05, 3.63) is 35.1 Å². The summed E-state index contributed by atoms with van der Waals surface area (Å²) in [6, 6.07) is 0. The normalized spacial score (nSPS) is 27.0. The van der Waals surface area contributed by atoms with Crippen molar-refractivity contribution in [2.24, 2.45) is 5.92 Å². The van der Waals surface area contributed by atoms with Crippen molar-refractivity contribution in [3.63, 3.8) is 0 Å². The summed E-state index contributed by atoms with van der Waals surface area (Å²) in [5.74, 6) is 0.829. The van der Waals surface area contributed by atoms with E-state index in [-0.39, 0.29) is 5.97 Å². The van der Waals surface area contributed by atoms with E-state index in [9.17, 15) is 4.79 Å². The van der Waals surface area contributed by atoms with Gasteiger partial charge in [0.2, 0.25) is 0 Å². The van der Waals surface area contributed by atoms with E-state index < -0.39 is 0 Å². The second-order valence-electron chi connectivity index (χ2n) is 3.13. The first-order chi connectivity index (χ1) is 5.70. The molecule has 0 aromatic rings. The molecule has 1 unspecified atom stereocenters. The monoisotopic (exact) mass is 162 g/mol. The van der Waals surface area contributed by atoms with E-state index in [4.69, 9.17) is 4.74 Å². The van der Waals surface area contributed by atoms with E-state index in [1.165, 1.54) is 0 Å². The molecule has 0 saturated carbocycles. The van der Waals surface area contributed by atoms with Crippen LogP contribution in [0.4, 0.5) is 0 Å². The number of ether oxygens (including phenoxy) is 1. The molecule has 0 spiro atoms. The van der Waals surface area contributed by atoms with E-state index in [2.05, 4.69) is 13.0 Å². The zero-order chi connectivity index (χ0) is 8.72. The van der Waals surface area contributed by atoms with Crippen molar-refractivity contribution in [2.75, 3.05) is 0 Å². The summed E-state index contributed by atoms with van der Waals surface area (Å²) in [6.07, 6.45) is 5.82. The molecule has 1 aliphatic carbocycles. The number of esters is 1. The lowest BCUT2D eigenvalue weighted by atomic mass is 9.92. The van der Waals surface area contributed by atoms with Crippen molar-refractivity contribution < 1.29 is 9.53 Å². The number of allylic oxidation sites excluding steroid dienone is 4. The topological polar surface area (TPSA) is 26.3 Å². The largest absolute Gasteiger partial charge is 0.423 e. The molecule has 0 bridgehead atoms. The Labute approximate surface area is 71.2 Å². The van der Waals surface area contributed by atoms with Crippen molar-refractivity contribution >= 4 is 5.97 Å². The van der Waals surface area contributed by atoms with Gasteiger partial charge in [0.15, 0.2) is 0 Å². The quantitative estimate of drug-likeness (QED) is 0.509. The summed E-state index contributed by atoms with van der Waals surface area (Å²) in [5, 5.41) is 0. The second kappa shape index (κ2) is 2.34. The third-order valence-electron chi connectivity index (χ3n) is 2.28. The minimum absolute atomic E-state index is 0.202. The maximum absolute atomic E-state index is 11.1. The number of rotatable bonds is 0. The van der Waals surface area contributed by atoms with E-state index in [1.54, 1.807) is 0 Å². The molecule has 0 N–H and O–H groups in total. The van der Waals surface area contributed by atoms with Crippen LogP contribution in [0.5, 0.6) is 0 Å². The molecule has 0 amide bonds. The molecule has 2 heteroatoms. The third-order valence-corrected chi connectivity index (χ3v) is 2.28. The van der Waals surface area contributed by atoms with E-state index in [1.807, 2.05) is 19.1 Å². The maximum Gasteiger partial charge on any atom is 0.339 e. The van der Waals surface area contributed by atoms with Gasteiger partial charge >= 0.3 is 5.97 Å². The van der Waals surface area contributed by atoms with Crippen LogP contribution in [0.3, 0.4) is 0 Å². The first-order valence-corrected chi connectivity index (χ1v) is 4.02. The molecule has 0 aromatic carbocycles. The van der Waals surface area contributed by atoms with Crippen LogP contribution < -0.4 is 0 Å². The van der Waals surface area contributed by atoms with Gasteiger partial charge in [-0.25, -0.2) is 4.79 Å². The fourth-order valence-corrected chi connectivity index (χ4v) is 1.62. The van der Waals surface area contributed by atoms with Crippen LogP contribution in [0, 0.1) is 5.92 Å². The van der Waals surface area contributed by atoms with E-state index in [0.717, 1.165) is 16.9 Å². The Morgan fingerprint density at radius 2 is 2.25 bits per heavy atom. The molecule has 1 aliphatic heterocycles. The fraction of sp³-hybridized carbons (Fsp3) is 0.300. The standard InChI is InChI=1S/C10H10O2/c1-6-4-3-5-8-9(6)7(2)10(11)12-8/h3-6H,1-2H3. The zero-order valence-corrected chi connectivity index (χ0v) is 7.13. The Kier molecular flexibility index (Phi) is 1.43. The zero-order valence-electron chi connectivity index (χ0n) is 7.13. The highest BCUT2D eigenvalue weighted by molar-refractivity contribution is 5.94. The predicted molar refractivity (Wildman–Crippen MR) is 45.2 cm³/mol. The van der Waals surface area contributed by atoms with Crippen LogP contribution in [0.2, 0.25) is 0 Å². The van der Waals surface area contributed by atoms with Crippen LogP contribution in [0.15, 0.2) is 35.1 Å². The molecule has 1 atom stereocenters.